The molecule has 1 N–H and O–H groups in total. The second kappa shape index (κ2) is 8.02. The molecule has 4 nitrogen and oxygen atoms in total. The quantitative estimate of drug-likeness (QED) is 0.528. The van der Waals surface area contributed by atoms with Gasteiger partial charge in [0, 0.05) is 0 Å². The number of ether oxygens (including phenoxy) is 1. The highest BCUT2D eigenvalue weighted by Gasteiger charge is 2.76. The van der Waals surface area contributed by atoms with Crippen molar-refractivity contribution in [2.24, 2.45) is 5.92 Å². The van der Waals surface area contributed by atoms with Gasteiger partial charge >= 0.3 is 24.0 Å². The number of hydrogen-bond donors (Lipinski definition) is 1. The smallest absolute Gasteiger partial charge is 0.460 e. The molecular weight excluding hydrogens is 351 g/mol. The van der Waals surface area contributed by atoms with Crippen LogP contribution in [0.5, 0.6) is 0 Å². The van der Waals surface area contributed by atoms with Gasteiger partial charge in [0.25, 0.3) is 5.91 Å². The van der Waals surface area contributed by atoms with Crippen molar-refractivity contribution >= 4 is 11.9 Å². The van der Waals surface area contributed by atoms with E-state index in [-0.39, 0.29) is 13.0 Å². The molecule has 0 heterocycles. The highest BCUT2D eigenvalue weighted by Crippen LogP contribution is 2.46. The molecule has 0 bridgehead atoms. The van der Waals surface area contributed by atoms with E-state index >= 15 is 0 Å². The van der Waals surface area contributed by atoms with Gasteiger partial charge in [-0.1, -0.05) is 27.2 Å². The number of rotatable bonds is 8. The van der Waals surface area contributed by atoms with Gasteiger partial charge in [-0.15, -0.1) is 0 Å². The summed E-state index contributed by atoms with van der Waals surface area (Å²) in [4.78, 5) is 23.0. The second-order valence-corrected chi connectivity index (χ2v) is 5.15. The van der Waals surface area contributed by atoms with Crippen molar-refractivity contribution in [3.05, 3.63) is 0 Å². The van der Waals surface area contributed by atoms with Gasteiger partial charge in [0.15, 0.2) is 0 Å². The predicted octanol–water partition coefficient (Wildman–Crippen LogP) is 3.30. The third-order valence-corrected chi connectivity index (χ3v) is 3.24. The number of carbonyl (C=O) groups is 2. The summed E-state index contributed by atoms with van der Waals surface area (Å²) in [6.07, 6.45) is -6.13. The van der Waals surface area contributed by atoms with Gasteiger partial charge < -0.3 is 10.1 Å². The van der Waals surface area contributed by atoms with E-state index in [9.17, 15) is 40.3 Å². The third-order valence-electron chi connectivity index (χ3n) is 3.24. The van der Waals surface area contributed by atoms with Crippen LogP contribution in [-0.2, 0) is 14.3 Å². The van der Waals surface area contributed by atoms with Crippen LogP contribution in [0.1, 0.15) is 33.6 Å². The third kappa shape index (κ3) is 4.73. The Morgan fingerprint density at radius 3 is 1.92 bits per heavy atom. The number of amides is 1. The zero-order valence-corrected chi connectivity index (χ0v) is 13.1. The minimum Gasteiger partial charge on any atom is -0.464 e. The highest BCUT2D eigenvalue weighted by molar-refractivity contribution is 5.89. The molecule has 0 saturated heterocycles. The SMILES string of the molecule is CCCOC(=O)[C@@H](NC(=O)C(F)(F)C(F)(F)C(F)(F)F)[C@@H](C)CC. The van der Waals surface area contributed by atoms with Crippen LogP contribution in [0, 0.1) is 5.92 Å². The standard InChI is InChI=1S/C13H18F7NO3/c1-4-6-24-9(22)8(7(3)5-2)21-10(23)11(14,15)12(16,17)13(18,19)20/h7-8H,4-6H2,1-3H3,(H,21,23)/t7-,8-/m0/s1. The van der Waals surface area contributed by atoms with Crippen LogP contribution in [0.3, 0.4) is 0 Å². The van der Waals surface area contributed by atoms with E-state index in [2.05, 4.69) is 4.74 Å². The molecule has 1 amide bonds. The minimum absolute atomic E-state index is 0.128. The fraction of sp³-hybridized carbons (Fsp3) is 0.846. The summed E-state index contributed by atoms with van der Waals surface area (Å²) in [5.41, 5.74) is 0. The Morgan fingerprint density at radius 2 is 1.54 bits per heavy atom. The van der Waals surface area contributed by atoms with Crippen LogP contribution in [0.4, 0.5) is 30.7 Å². The van der Waals surface area contributed by atoms with Crippen molar-refractivity contribution in [3.8, 4) is 0 Å². The average Bonchev–Trinajstić information content (AvgIpc) is 2.47. The predicted molar refractivity (Wildman–Crippen MR) is 68.6 cm³/mol. The fourth-order valence-electron chi connectivity index (χ4n) is 1.51. The van der Waals surface area contributed by atoms with E-state index < -0.39 is 41.9 Å². The van der Waals surface area contributed by atoms with Crippen LogP contribution in [-0.4, -0.2) is 42.5 Å². The molecule has 0 fully saturated rings. The number of alkyl halides is 7. The zero-order chi connectivity index (χ0) is 19.3. The van der Waals surface area contributed by atoms with Gasteiger partial charge in [-0.2, -0.15) is 30.7 Å². The van der Waals surface area contributed by atoms with Gasteiger partial charge in [0.05, 0.1) is 6.61 Å². The lowest BCUT2D eigenvalue weighted by atomic mass is 9.98. The van der Waals surface area contributed by atoms with Gasteiger partial charge in [0.2, 0.25) is 0 Å². The molecule has 0 aliphatic rings. The van der Waals surface area contributed by atoms with Crippen LogP contribution in [0.25, 0.3) is 0 Å². The van der Waals surface area contributed by atoms with Gasteiger partial charge in [-0.25, -0.2) is 4.79 Å². The molecule has 0 aromatic rings. The van der Waals surface area contributed by atoms with E-state index in [1.165, 1.54) is 19.2 Å². The molecule has 0 aliphatic carbocycles. The topological polar surface area (TPSA) is 55.4 Å². The molecule has 0 spiro atoms. The van der Waals surface area contributed by atoms with Gasteiger partial charge in [0.1, 0.15) is 6.04 Å². The van der Waals surface area contributed by atoms with Crippen LogP contribution in [0.15, 0.2) is 0 Å². The van der Waals surface area contributed by atoms with Crippen LogP contribution in [0.2, 0.25) is 0 Å². The Morgan fingerprint density at radius 1 is 1.04 bits per heavy atom. The molecule has 0 radical (unpaired) electrons. The summed E-state index contributed by atoms with van der Waals surface area (Å²) >= 11 is 0. The van der Waals surface area contributed by atoms with Crippen molar-refractivity contribution in [2.75, 3.05) is 6.61 Å². The first kappa shape index (κ1) is 22.4. The molecule has 24 heavy (non-hydrogen) atoms. The Kier molecular flexibility index (Phi) is 7.50. The lowest BCUT2D eigenvalue weighted by Gasteiger charge is -2.29. The molecule has 11 heteroatoms. The summed E-state index contributed by atoms with van der Waals surface area (Å²) in [6.45, 7) is 4.30. The fourth-order valence-corrected chi connectivity index (χ4v) is 1.51. The van der Waals surface area contributed by atoms with E-state index in [0.717, 1.165) is 0 Å². The monoisotopic (exact) mass is 369 g/mol. The van der Waals surface area contributed by atoms with Crippen molar-refractivity contribution in [1.82, 2.24) is 5.32 Å². The first-order chi connectivity index (χ1) is 10.7. The largest absolute Gasteiger partial charge is 0.464 e. The number of nitrogens with one attached hydrogen (secondary N) is 1. The lowest BCUT2D eigenvalue weighted by Crippen LogP contribution is -2.62. The summed E-state index contributed by atoms with van der Waals surface area (Å²) < 4.78 is 93.1. The molecule has 0 aromatic carbocycles. The Balaban J connectivity index is 5.41. The second-order valence-electron chi connectivity index (χ2n) is 5.15. The number of esters is 1. The van der Waals surface area contributed by atoms with Crippen molar-refractivity contribution in [1.29, 1.82) is 0 Å². The van der Waals surface area contributed by atoms with E-state index in [1.807, 2.05) is 0 Å². The van der Waals surface area contributed by atoms with E-state index in [0.29, 0.717) is 6.42 Å². The molecule has 0 rings (SSSR count). The molecule has 0 aromatic heterocycles. The maximum absolute atomic E-state index is 13.3. The van der Waals surface area contributed by atoms with Crippen molar-refractivity contribution in [3.63, 3.8) is 0 Å². The summed E-state index contributed by atoms with van der Waals surface area (Å²) in [5, 5.41) is 1.25. The van der Waals surface area contributed by atoms with Crippen molar-refractivity contribution < 1.29 is 45.1 Å². The molecule has 0 aliphatic heterocycles. The molecule has 0 unspecified atom stereocenters. The number of carbonyl (C=O) groups excluding carboxylic acids is 2. The highest BCUT2D eigenvalue weighted by atomic mass is 19.4. The lowest BCUT2D eigenvalue weighted by molar-refractivity contribution is -0.344. The molecule has 142 valence electrons. The van der Waals surface area contributed by atoms with Crippen LogP contribution < -0.4 is 5.32 Å². The maximum Gasteiger partial charge on any atom is 0.460 e. The minimum atomic E-state index is -6.64. The Bertz CT molecular complexity index is 451. The number of hydrogen-bond acceptors (Lipinski definition) is 3. The van der Waals surface area contributed by atoms with E-state index in [1.54, 1.807) is 6.92 Å². The van der Waals surface area contributed by atoms with Gasteiger partial charge in [-0.05, 0) is 12.3 Å². The summed E-state index contributed by atoms with van der Waals surface area (Å²) in [6, 6.07) is -1.77. The van der Waals surface area contributed by atoms with Crippen molar-refractivity contribution in [2.45, 2.75) is 57.7 Å². The Labute approximate surface area is 133 Å². The van der Waals surface area contributed by atoms with Crippen LogP contribution >= 0.6 is 0 Å². The molecular formula is C13H18F7NO3. The first-order valence-corrected chi connectivity index (χ1v) is 7.03. The summed E-state index contributed by atoms with van der Waals surface area (Å²) in [5.74, 6) is -17.6. The van der Waals surface area contributed by atoms with Gasteiger partial charge in [-0.3, -0.25) is 4.79 Å². The Hall–Kier alpha value is -1.55. The summed E-state index contributed by atoms with van der Waals surface area (Å²) in [7, 11) is 0. The number of halogens is 7. The normalized spacial score (nSPS) is 15.6. The average molecular weight is 369 g/mol. The first-order valence-electron chi connectivity index (χ1n) is 7.03. The molecule has 2 atom stereocenters. The maximum atomic E-state index is 13.3. The van der Waals surface area contributed by atoms with E-state index in [4.69, 9.17) is 0 Å². The zero-order valence-electron chi connectivity index (χ0n) is 13.1. The molecule has 0 saturated carbocycles.